The molecule has 1 aromatic carbocycles. The predicted octanol–water partition coefficient (Wildman–Crippen LogP) is 2.01. The van der Waals surface area contributed by atoms with Gasteiger partial charge in [-0.1, -0.05) is 19.4 Å². The third-order valence-electron chi connectivity index (χ3n) is 3.94. The number of sulfonamides is 1. The summed E-state index contributed by atoms with van der Waals surface area (Å²) >= 11 is 0. The van der Waals surface area contributed by atoms with Crippen LogP contribution in [0.1, 0.15) is 44.0 Å². The van der Waals surface area contributed by atoms with Crippen molar-refractivity contribution in [1.82, 2.24) is 9.62 Å². The van der Waals surface area contributed by atoms with Crippen molar-refractivity contribution in [1.29, 1.82) is 0 Å². The average Bonchev–Trinajstić information content (AvgIpc) is 2.54. The third-order valence-corrected chi connectivity index (χ3v) is 5.76. The molecule has 6 nitrogen and oxygen atoms in total. The van der Waals surface area contributed by atoms with Crippen LogP contribution in [-0.4, -0.2) is 50.5 Å². The SMILES string of the molecule is CCCCNC(=O)c1cccc(S(=O)(=O)N2C[C@H](C)O[C@@H](C)C2)c1. The van der Waals surface area contributed by atoms with E-state index in [1.807, 2.05) is 20.8 Å². The number of unbranched alkanes of at least 4 members (excludes halogenated alkanes) is 1. The Labute approximate surface area is 144 Å². The Hall–Kier alpha value is -1.44. The lowest BCUT2D eigenvalue weighted by Crippen LogP contribution is -2.48. The van der Waals surface area contributed by atoms with Crippen LogP contribution in [0.2, 0.25) is 0 Å². The molecule has 2 atom stereocenters. The van der Waals surface area contributed by atoms with Gasteiger partial charge >= 0.3 is 0 Å². The van der Waals surface area contributed by atoms with E-state index < -0.39 is 10.0 Å². The van der Waals surface area contributed by atoms with Gasteiger partial charge in [-0.25, -0.2) is 8.42 Å². The number of rotatable bonds is 6. The Bertz CT molecular complexity index is 665. The Morgan fingerprint density at radius 2 is 1.96 bits per heavy atom. The number of nitrogens with zero attached hydrogens (tertiary/aromatic N) is 1. The second-order valence-corrected chi connectivity index (χ2v) is 8.15. The van der Waals surface area contributed by atoms with Crippen LogP contribution in [0, 0.1) is 0 Å². The molecule has 134 valence electrons. The van der Waals surface area contributed by atoms with Crippen LogP contribution in [0.5, 0.6) is 0 Å². The number of morpholine rings is 1. The molecule has 24 heavy (non-hydrogen) atoms. The highest BCUT2D eigenvalue weighted by Gasteiger charge is 2.32. The Balaban J connectivity index is 2.18. The van der Waals surface area contributed by atoms with Crippen LogP contribution in [0.4, 0.5) is 0 Å². The maximum absolute atomic E-state index is 12.9. The highest BCUT2D eigenvalue weighted by molar-refractivity contribution is 7.89. The van der Waals surface area contributed by atoms with Crippen molar-refractivity contribution >= 4 is 15.9 Å². The van der Waals surface area contributed by atoms with Gasteiger partial charge in [-0.15, -0.1) is 0 Å². The molecule has 1 aliphatic heterocycles. The molecule has 0 bridgehead atoms. The maximum Gasteiger partial charge on any atom is 0.251 e. The molecule has 1 N–H and O–H groups in total. The Morgan fingerprint density at radius 3 is 2.58 bits per heavy atom. The highest BCUT2D eigenvalue weighted by atomic mass is 32.2. The second kappa shape index (κ2) is 8.09. The van der Waals surface area contributed by atoms with E-state index in [-0.39, 0.29) is 23.0 Å². The second-order valence-electron chi connectivity index (χ2n) is 6.22. The summed E-state index contributed by atoms with van der Waals surface area (Å²) < 4.78 is 32.7. The van der Waals surface area contributed by atoms with Crippen molar-refractivity contribution in [3.8, 4) is 0 Å². The van der Waals surface area contributed by atoms with E-state index in [4.69, 9.17) is 4.74 Å². The van der Waals surface area contributed by atoms with Crippen LogP contribution in [-0.2, 0) is 14.8 Å². The average molecular weight is 354 g/mol. The normalized spacial score (nSPS) is 22.3. The van der Waals surface area contributed by atoms with E-state index in [1.165, 1.54) is 16.4 Å². The smallest absolute Gasteiger partial charge is 0.251 e. The molecular weight excluding hydrogens is 328 g/mol. The number of ether oxygens (including phenoxy) is 1. The Morgan fingerprint density at radius 1 is 1.29 bits per heavy atom. The van der Waals surface area contributed by atoms with Crippen molar-refractivity contribution in [3.63, 3.8) is 0 Å². The van der Waals surface area contributed by atoms with Gasteiger partial charge in [-0.2, -0.15) is 4.31 Å². The summed E-state index contributed by atoms with van der Waals surface area (Å²) in [6.07, 6.45) is 1.59. The molecule has 0 saturated carbocycles. The largest absolute Gasteiger partial charge is 0.373 e. The van der Waals surface area contributed by atoms with Gasteiger partial charge in [0.15, 0.2) is 0 Å². The summed E-state index contributed by atoms with van der Waals surface area (Å²) in [7, 11) is -3.64. The lowest BCUT2D eigenvalue weighted by Gasteiger charge is -2.34. The first-order valence-corrected chi connectivity index (χ1v) is 9.82. The van der Waals surface area contributed by atoms with Crippen molar-refractivity contribution in [2.75, 3.05) is 19.6 Å². The maximum atomic E-state index is 12.9. The minimum Gasteiger partial charge on any atom is -0.373 e. The molecule has 0 spiro atoms. The zero-order chi connectivity index (χ0) is 17.7. The minimum atomic E-state index is -3.64. The number of hydrogen-bond donors (Lipinski definition) is 1. The molecule has 1 aliphatic rings. The zero-order valence-corrected chi connectivity index (χ0v) is 15.3. The summed E-state index contributed by atoms with van der Waals surface area (Å²) in [4.78, 5) is 12.3. The van der Waals surface area contributed by atoms with Gasteiger partial charge in [0.1, 0.15) is 0 Å². The highest BCUT2D eigenvalue weighted by Crippen LogP contribution is 2.21. The van der Waals surface area contributed by atoms with Crippen molar-refractivity contribution in [2.24, 2.45) is 0 Å². The van der Waals surface area contributed by atoms with Crippen molar-refractivity contribution in [2.45, 2.75) is 50.7 Å². The van der Waals surface area contributed by atoms with Gasteiger partial charge in [-0.05, 0) is 38.5 Å². The van der Waals surface area contributed by atoms with E-state index in [9.17, 15) is 13.2 Å². The van der Waals surface area contributed by atoms with Crippen LogP contribution >= 0.6 is 0 Å². The molecule has 0 aliphatic carbocycles. The molecule has 2 rings (SSSR count). The van der Waals surface area contributed by atoms with Crippen molar-refractivity contribution < 1.29 is 17.9 Å². The van der Waals surface area contributed by atoms with Gasteiger partial charge < -0.3 is 10.1 Å². The fraction of sp³-hybridized carbons (Fsp3) is 0.588. The minimum absolute atomic E-state index is 0.145. The predicted molar refractivity (Wildman–Crippen MR) is 92.5 cm³/mol. The van der Waals surface area contributed by atoms with Gasteiger partial charge in [0.25, 0.3) is 5.91 Å². The standard InChI is InChI=1S/C17H26N2O4S/c1-4-5-9-18-17(20)15-7-6-8-16(10-15)24(21,22)19-11-13(2)23-14(3)12-19/h6-8,10,13-14H,4-5,9,11-12H2,1-3H3,(H,18,20)/t13-,14-/m0/s1. The molecule has 1 amide bonds. The molecule has 0 unspecified atom stereocenters. The zero-order valence-electron chi connectivity index (χ0n) is 14.5. The van der Waals surface area contributed by atoms with E-state index in [0.29, 0.717) is 25.2 Å². The summed E-state index contributed by atoms with van der Waals surface area (Å²) in [6.45, 7) is 6.99. The third kappa shape index (κ3) is 4.55. The number of benzene rings is 1. The van der Waals surface area contributed by atoms with Gasteiger partial charge in [-0.3, -0.25) is 4.79 Å². The Kier molecular flexibility index (Phi) is 6.37. The number of amides is 1. The fourth-order valence-electron chi connectivity index (χ4n) is 2.75. The molecule has 1 heterocycles. The number of carbonyl (C=O) groups is 1. The van der Waals surface area contributed by atoms with Crippen LogP contribution in [0.15, 0.2) is 29.2 Å². The van der Waals surface area contributed by atoms with E-state index in [0.717, 1.165) is 12.8 Å². The molecule has 1 saturated heterocycles. The van der Waals surface area contributed by atoms with Crippen LogP contribution in [0.3, 0.4) is 0 Å². The molecule has 7 heteroatoms. The lowest BCUT2D eigenvalue weighted by molar-refractivity contribution is -0.0440. The van der Waals surface area contributed by atoms with Gasteiger partial charge in [0, 0.05) is 25.2 Å². The lowest BCUT2D eigenvalue weighted by atomic mass is 10.2. The van der Waals surface area contributed by atoms with E-state index in [1.54, 1.807) is 12.1 Å². The van der Waals surface area contributed by atoms with Crippen LogP contribution < -0.4 is 5.32 Å². The number of carbonyl (C=O) groups excluding carboxylic acids is 1. The fourth-order valence-corrected chi connectivity index (χ4v) is 4.39. The quantitative estimate of drug-likeness (QED) is 0.793. The molecule has 1 aromatic rings. The summed E-state index contributed by atoms with van der Waals surface area (Å²) in [5.74, 6) is -0.246. The van der Waals surface area contributed by atoms with Crippen molar-refractivity contribution in [3.05, 3.63) is 29.8 Å². The molecule has 1 fully saturated rings. The molecule has 0 aromatic heterocycles. The first-order valence-electron chi connectivity index (χ1n) is 8.38. The number of hydrogen-bond acceptors (Lipinski definition) is 4. The van der Waals surface area contributed by atoms with E-state index in [2.05, 4.69) is 5.32 Å². The first kappa shape index (κ1) is 18.9. The van der Waals surface area contributed by atoms with Gasteiger partial charge in [0.05, 0.1) is 17.1 Å². The first-order chi connectivity index (χ1) is 11.3. The summed E-state index contributed by atoms with van der Waals surface area (Å²) in [6, 6.07) is 6.21. The van der Waals surface area contributed by atoms with Gasteiger partial charge in [0.2, 0.25) is 10.0 Å². The summed E-state index contributed by atoms with van der Waals surface area (Å²) in [5.41, 5.74) is 0.363. The monoisotopic (exact) mass is 354 g/mol. The summed E-state index contributed by atoms with van der Waals surface area (Å²) in [5, 5.41) is 2.80. The topological polar surface area (TPSA) is 75.7 Å². The number of nitrogens with one attached hydrogen (secondary N) is 1. The van der Waals surface area contributed by atoms with E-state index >= 15 is 0 Å². The molecular formula is C17H26N2O4S. The molecule has 0 radical (unpaired) electrons. The van der Waals surface area contributed by atoms with Crippen LogP contribution in [0.25, 0.3) is 0 Å².